The fraction of sp³-hybridized carbons (Fsp3) is 0. The number of hydrogen-bond donors (Lipinski definition) is 0. The highest BCUT2D eigenvalue weighted by Crippen LogP contribution is 2.30. The molecule has 0 aliphatic carbocycles. The Kier molecular flexibility index (Phi) is 3.52. The Morgan fingerprint density at radius 2 is 0.818 bits per heavy atom. The molecular formula is C14H4O8-4. The first-order valence-electron chi connectivity index (χ1n) is 5.71. The van der Waals surface area contributed by atoms with Gasteiger partial charge in [-0.1, -0.05) is 24.3 Å². The van der Waals surface area contributed by atoms with Crippen molar-refractivity contribution < 1.29 is 39.6 Å². The summed E-state index contributed by atoms with van der Waals surface area (Å²) in [5.74, 6) is -8.37. The van der Waals surface area contributed by atoms with Gasteiger partial charge in [-0.3, -0.25) is 0 Å². The molecule has 0 N–H and O–H groups in total. The van der Waals surface area contributed by atoms with Crippen LogP contribution in [0.25, 0.3) is 10.8 Å². The predicted octanol–water partition coefficient (Wildman–Crippen LogP) is -3.71. The number of hydrogen-bond acceptors (Lipinski definition) is 8. The maximum atomic E-state index is 11.2. The average Bonchev–Trinajstić information content (AvgIpc) is 2.43. The molecule has 8 heteroatoms. The summed E-state index contributed by atoms with van der Waals surface area (Å²) in [5.41, 5.74) is -4.67. The van der Waals surface area contributed by atoms with Crippen LogP contribution in [0.4, 0.5) is 0 Å². The van der Waals surface area contributed by atoms with Gasteiger partial charge in [-0.2, -0.15) is 0 Å². The standard InChI is InChI=1S/C14H8O8/c15-11(16)7-5-3-1-2-4-6(5)8(12(17)18)10(14(21)22)9(7)13(19)20/h1-4H,(H,15,16)(H,17,18)(H,19,20)(H,21,22)/p-4. The van der Waals surface area contributed by atoms with Gasteiger partial charge in [0, 0.05) is 22.3 Å². The highest BCUT2D eigenvalue weighted by molar-refractivity contribution is 6.22. The fourth-order valence-corrected chi connectivity index (χ4v) is 2.27. The van der Waals surface area contributed by atoms with Crippen LogP contribution in [0, 0.1) is 0 Å². The normalized spacial score (nSPS) is 10.4. The molecular weight excluding hydrogens is 296 g/mol. The molecule has 0 amide bonds. The van der Waals surface area contributed by atoms with E-state index in [-0.39, 0.29) is 10.8 Å². The van der Waals surface area contributed by atoms with Gasteiger partial charge in [0.05, 0.1) is 23.9 Å². The van der Waals surface area contributed by atoms with Crippen molar-refractivity contribution in [2.45, 2.75) is 0 Å². The number of rotatable bonds is 4. The van der Waals surface area contributed by atoms with E-state index in [0.717, 1.165) is 12.1 Å². The van der Waals surface area contributed by atoms with Gasteiger partial charge in [-0.15, -0.1) is 0 Å². The molecule has 0 saturated heterocycles. The highest BCUT2D eigenvalue weighted by atomic mass is 16.4. The van der Waals surface area contributed by atoms with Crippen molar-refractivity contribution in [3.8, 4) is 0 Å². The summed E-state index contributed by atoms with van der Waals surface area (Å²) in [6.07, 6.45) is 0. The molecule has 22 heavy (non-hydrogen) atoms. The molecule has 0 saturated carbocycles. The lowest BCUT2D eigenvalue weighted by atomic mass is 9.88. The molecule has 0 atom stereocenters. The number of carbonyl (C=O) groups is 4. The summed E-state index contributed by atoms with van der Waals surface area (Å²) in [6, 6.07) is 4.84. The summed E-state index contributed by atoms with van der Waals surface area (Å²) in [4.78, 5) is 44.8. The first kappa shape index (κ1) is 15.0. The SMILES string of the molecule is O=C([O-])c1c(C(=O)[O-])c(C(=O)[O-])c2ccccc2c1C(=O)[O-]. The number of carboxylic acid groups (broad SMARTS) is 4. The van der Waals surface area contributed by atoms with E-state index in [2.05, 4.69) is 0 Å². The third-order valence-corrected chi connectivity index (χ3v) is 3.03. The first-order chi connectivity index (χ1) is 10.3. The zero-order valence-electron chi connectivity index (χ0n) is 10.6. The Bertz CT molecular complexity index is 779. The monoisotopic (exact) mass is 300 g/mol. The minimum atomic E-state index is -2.19. The Morgan fingerprint density at radius 3 is 1.05 bits per heavy atom. The zero-order chi connectivity index (χ0) is 16.6. The summed E-state index contributed by atoms with van der Waals surface area (Å²) < 4.78 is 0. The second kappa shape index (κ2) is 5.17. The molecule has 0 bridgehead atoms. The maximum Gasteiger partial charge on any atom is 0.0729 e. The molecule has 0 unspecified atom stereocenters. The van der Waals surface area contributed by atoms with Crippen molar-refractivity contribution in [1.82, 2.24) is 0 Å². The molecule has 0 fully saturated rings. The van der Waals surface area contributed by atoms with Crippen molar-refractivity contribution >= 4 is 34.6 Å². The van der Waals surface area contributed by atoms with E-state index >= 15 is 0 Å². The van der Waals surface area contributed by atoms with Gasteiger partial charge in [0.25, 0.3) is 0 Å². The van der Waals surface area contributed by atoms with Crippen LogP contribution >= 0.6 is 0 Å². The quantitative estimate of drug-likeness (QED) is 0.557. The van der Waals surface area contributed by atoms with Crippen LogP contribution in [-0.2, 0) is 0 Å². The summed E-state index contributed by atoms with van der Waals surface area (Å²) in [5, 5.41) is 44.1. The van der Waals surface area contributed by atoms with E-state index in [9.17, 15) is 39.6 Å². The summed E-state index contributed by atoms with van der Waals surface area (Å²) in [7, 11) is 0. The van der Waals surface area contributed by atoms with Gasteiger partial charge in [0.1, 0.15) is 0 Å². The molecule has 0 aliphatic heterocycles. The summed E-state index contributed by atoms with van der Waals surface area (Å²) in [6.45, 7) is 0. The lowest BCUT2D eigenvalue weighted by Crippen LogP contribution is -2.38. The van der Waals surface area contributed by atoms with Gasteiger partial charge in [0.2, 0.25) is 0 Å². The van der Waals surface area contributed by atoms with E-state index in [4.69, 9.17) is 0 Å². The maximum absolute atomic E-state index is 11.2. The van der Waals surface area contributed by atoms with Crippen molar-refractivity contribution in [3.05, 3.63) is 46.5 Å². The lowest BCUT2D eigenvalue weighted by Gasteiger charge is -2.24. The van der Waals surface area contributed by atoms with Gasteiger partial charge in [-0.25, -0.2) is 0 Å². The molecule has 0 aliphatic rings. The minimum absolute atomic E-state index is 0.328. The van der Waals surface area contributed by atoms with Crippen LogP contribution in [0.3, 0.4) is 0 Å². The third kappa shape index (κ3) is 2.12. The Balaban J connectivity index is 3.25. The highest BCUT2D eigenvalue weighted by Gasteiger charge is 2.21. The number of benzene rings is 2. The molecule has 0 aromatic heterocycles. The van der Waals surface area contributed by atoms with Crippen molar-refractivity contribution in [1.29, 1.82) is 0 Å². The van der Waals surface area contributed by atoms with Gasteiger partial charge < -0.3 is 39.6 Å². The van der Waals surface area contributed by atoms with Gasteiger partial charge in [0.15, 0.2) is 0 Å². The number of fused-ring (bicyclic) bond motifs is 1. The van der Waals surface area contributed by atoms with E-state index in [0.29, 0.717) is 0 Å². The molecule has 0 spiro atoms. The Labute approximate surface area is 121 Å². The molecule has 2 aromatic carbocycles. The molecule has 112 valence electrons. The predicted molar refractivity (Wildman–Crippen MR) is 61.3 cm³/mol. The van der Waals surface area contributed by atoms with Crippen LogP contribution < -0.4 is 20.4 Å². The number of carbonyl (C=O) groups excluding carboxylic acids is 4. The van der Waals surface area contributed by atoms with Gasteiger partial charge >= 0.3 is 0 Å². The molecule has 0 radical (unpaired) electrons. The van der Waals surface area contributed by atoms with Crippen molar-refractivity contribution in [2.75, 3.05) is 0 Å². The Hall–Kier alpha value is -3.42. The minimum Gasteiger partial charge on any atom is -0.545 e. The van der Waals surface area contributed by atoms with E-state index in [1.807, 2.05) is 0 Å². The van der Waals surface area contributed by atoms with Crippen LogP contribution in [0.5, 0.6) is 0 Å². The van der Waals surface area contributed by atoms with E-state index in [1.54, 1.807) is 0 Å². The summed E-state index contributed by atoms with van der Waals surface area (Å²) >= 11 is 0. The van der Waals surface area contributed by atoms with Crippen molar-refractivity contribution in [3.63, 3.8) is 0 Å². The van der Waals surface area contributed by atoms with Gasteiger partial charge in [-0.05, 0) is 10.8 Å². The van der Waals surface area contributed by atoms with Crippen LogP contribution in [0.2, 0.25) is 0 Å². The third-order valence-electron chi connectivity index (χ3n) is 3.03. The largest absolute Gasteiger partial charge is 0.545 e. The Morgan fingerprint density at radius 1 is 0.545 bits per heavy atom. The smallest absolute Gasteiger partial charge is 0.0729 e. The number of carboxylic acids is 4. The van der Waals surface area contributed by atoms with E-state index < -0.39 is 46.1 Å². The average molecular weight is 300 g/mol. The van der Waals surface area contributed by atoms with E-state index in [1.165, 1.54) is 12.1 Å². The lowest BCUT2D eigenvalue weighted by molar-refractivity contribution is -0.262. The van der Waals surface area contributed by atoms with Crippen LogP contribution in [0.1, 0.15) is 41.4 Å². The van der Waals surface area contributed by atoms with Crippen LogP contribution in [-0.4, -0.2) is 23.9 Å². The second-order valence-corrected chi connectivity index (χ2v) is 4.20. The molecule has 2 rings (SSSR count). The molecule has 8 nitrogen and oxygen atoms in total. The second-order valence-electron chi connectivity index (χ2n) is 4.20. The zero-order valence-corrected chi connectivity index (χ0v) is 10.6. The molecule has 2 aromatic rings. The number of aromatic carboxylic acids is 4. The first-order valence-corrected chi connectivity index (χ1v) is 5.71. The fourth-order valence-electron chi connectivity index (χ4n) is 2.27. The van der Waals surface area contributed by atoms with Crippen molar-refractivity contribution in [2.24, 2.45) is 0 Å². The molecule has 0 heterocycles. The van der Waals surface area contributed by atoms with Crippen LogP contribution in [0.15, 0.2) is 24.3 Å². The topological polar surface area (TPSA) is 161 Å².